The van der Waals surface area contributed by atoms with Crippen molar-refractivity contribution < 1.29 is 9.18 Å². The number of halogens is 1. The number of nitrogens with one attached hydrogen (secondary N) is 1. The Morgan fingerprint density at radius 3 is 2.23 bits per heavy atom. The van der Waals surface area contributed by atoms with Crippen molar-refractivity contribution in [2.45, 2.75) is 18.3 Å². The van der Waals surface area contributed by atoms with Gasteiger partial charge < -0.3 is 15.1 Å². The third kappa shape index (κ3) is 3.52. The van der Waals surface area contributed by atoms with E-state index in [-0.39, 0.29) is 17.3 Å². The summed E-state index contributed by atoms with van der Waals surface area (Å²) in [6.07, 6.45) is 2.08. The lowest BCUT2D eigenvalue weighted by Crippen LogP contribution is -2.52. The van der Waals surface area contributed by atoms with Crippen LogP contribution in [0.5, 0.6) is 0 Å². The van der Waals surface area contributed by atoms with Crippen LogP contribution in [0, 0.1) is 5.82 Å². The molecule has 2 aliphatic rings. The van der Waals surface area contributed by atoms with Crippen molar-refractivity contribution in [3.05, 3.63) is 66.0 Å². The average Bonchev–Trinajstić information content (AvgIpc) is 3.49. The molecule has 4 rings (SSSR count). The second kappa shape index (κ2) is 6.98. The van der Waals surface area contributed by atoms with E-state index in [4.69, 9.17) is 0 Å². The average molecular weight is 353 g/mol. The lowest BCUT2D eigenvalue weighted by Gasteiger charge is -2.36. The number of benzene rings is 2. The van der Waals surface area contributed by atoms with Gasteiger partial charge in [-0.25, -0.2) is 9.18 Å². The molecule has 0 spiro atoms. The Hall–Kier alpha value is -2.56. The summed E-state index contributed by atoms with van der Waals surface area (Å²) >= 11 is 0. The first-order valence-corrected chi connectivity index (χ1v) is 9.25. The molecule has 5 heteroatoms. The molecule has 0 radical (unpaired) electrons. The predicted octanol–water partition coefficient (Wildman–Crippen LogP) is 3.39. The lowest BCUT2D eigenvalue weighted by molar-refractivity contribution is 0.193. The normalized spacial score (nSPS) is 18.5. The summed E-state index contributed by atoms with van der Waals surface area (Å²) < 4.78 is 13.1. The highest BCUT2D eigenvalue weighted by molar-refractivity contribution is 5.75. The summed E-state index contributed by atoms with van der Waals surface area (Å²) in [5.41, 5.74) is 2.32. The van der Waals surface area contributed by atoms with E-state index >= 15 is 0 Å². The second-order valence-corrected chi connectivity index (χ2v) is 7.26. The van der Waals surface area contributed by atoms with Gasteiger partial charge in [0.15, 0.2) is 0 Å². The molecule has 0 bridgehead atoms. The Balaban J connectivity index is 1.29. The van der Waals surface area contributed by atoms with Crippen molar-refractivity contribution in [2.24, 2.45) is 0 Å². The van der Waals surface area contributed by atoms with E-state index < -0.39 is 0 Å². The maximum atomic E-state index is 13.1. The van der Waals surface area contributed by atoms with Crippen LogP contribution in [0.4, 0.5) is 14.9 Å². The fraction of sp³-hybridized carbons (Fsp3) is 0.381. The van der Waals surface area contributed by atoms with Crippen LogP contribution in [0.25, 0.3) is 0 Å². The van der Waals surface area contributed by atoms with Gasteiger partial charge in [-0.15, -0.1) is 0 Å². The Kier molecular flexibility index (Phi) is 4.53. The van der Waals surface area contributed by atoms with Gasteiger partial charge in [0.25, 0.3) is 0 Å². The molecule has 0 aromatic heterocycles. The number of carbonyl (C=O) groups is 1. The number of rotatable bonds is 4. The largest absolute Gasteiger partial charge is 0.368 e. The van der Waals surface area contributed by atoms with Gasteiger partial charge in [-0.05, 0) is 42.7 Å². The summed E-state index contributed by atoms with van der Waals surface area (Å²) in [6.45, 7) is 3.77. The SMILES string of the molecule is O=C(NCC1(c2ccc(F)cc2)CC1)N1CCN(c2ccccc2)CC1. The predicted molar refractivity (Wildman–Crippen MR) is 101 cm³/mol. The van der Waals surface area contributed by atoms with Crippen molar-refractivity contribution in [1.29, 1.82) is 0 Å². The van der Waals surface area contributed by atoms with Crippen LogP contribution >= 0.6 is 0 Å². The molecule has 1 saturated heterocycles. The summed E-state index contributed by atoms with van der Waals surface area (Å²) in [6, 6.07) is 17.0. The second-order valence-electron chi connectivity index (χ2n) is 7.26. The Morgan fingerprint density at radius 1 is 0.962 bits per heavy atom. The monoisotopic (exact) mass is 353 g/mol. The molecule has 1 saturated carbocycles. The van der Waals surface area contributed by atoms with E-state index in [1.54, 1.807) is 0 Å². The molecule has 1 heterocycles. The highest BCUT2D eigenvalue weighted by atomic mass is 19.1. The molecule has 0 unspecified atom stereocenters. The van der Waals surface area contributed by atoms with Crippen LogP contribution in [0.2, 0.25) is 0 Å². The van der Waals surface area contributed by atoms with Gasteiger partial charge in [0, 0.05) is 43.8 Å². The van der Waals surface area contributed by atoms with Crippen molar-refractivity contribution in [3.8, 4) is 0 Å². The first kappa shape index (κ1) is 16.9. The molecular weight excluding hydrogens is 329 g/mol. The minimum atomic E-state index is -0.218. The molecule has 26 heavy (non-hydrogen) atoms. The molecule has 2 fully saturated rings. The van der Waals surface area contributed by atoms with Gasteiger partial charge >= 0.3 is 6.03 Å². The number of hydrogen-bond donors (Lipinski definition) is 1. The summed E-state index contributed by atoms with van der Waals surface area (Å²) in [5.74, 6) is -0.218. The zero-order valence-corrected chi connectivity index (χ0v) is 14.8. The molecule has 2 aromatic rings. The van der Waals surface area contributed by atoms with E-state index in [0.717, 1.165) is 44.6 Å². The Morgan fingerprint density at radius 2 is 1.62 bits per heavy atom. The number of urea groups is 1. The Labute approximate surface area is 153 Å². The summed E-state index contributed by atoms with van der Waals surface area (Å²) in [4.78, 5) is 16.7. The van der Waals surface area contributed by atoms with Gasteiger partial charge in [-0.3, -0.25) is 0 Å². The summed E-state index contributed by atoms with van der Waals surface area (Å²) in [7, 11) is 0. The minimum absolute atomic E-state index is 0.00474. The van der Waals surface area contributed by atoms with E-state index in [0.29, 0.717) is 6.54 Å². The van der Waals surface area contributed by atoms with E-state index in [2.05, 4.69) is 22.3 Å². The highest BCUT2D eigenvalue weighted by Crippen LogP contribution is 2.47. The van der Waals surface area contributed by atoms with Gasteiger partial charge in [0.05, 0.1) is 0 Å². The first-order chi connectivity index (χ1) is 12.7. The van der Waals surface area contributed by atoms with Crippen LogP contribution in [-0.4, -0.2) is 43.7 Å². The third-order valence-electron chi connectivity index (χ3n) is 5.58. The Bertz CT molecular complexity index is 751. The fourth-order valence-electron chi connectivity index (χ4n) is 3.69. The number of nitrogens with zero attached hydrogens (tertiary/aromatic N) is 2. The van der Waals surface area contributed by atoms with Crippen LogP contribution < -0.4 is 10.2 Å². The van der Waals surface area contributed by atoms with Crippen LogP contribution in [0.15, 0.2) is 54.6 Å². The third-order valence-corrected chi connectivity index (χ3v) is 5.58. The lowest BCUT2D eigenvalue weighted by atomic mass is 9.96. The number of para-hydroxylation sites is 1. The van der Waals surface area contributed by atoms with Crippen molar-refractivity contribution in [1.82, 2.24) is 10.2 Å². The number of piperazine rings is 1. The van der Waals surface area contributed by atoms with Crippen molar-refractivity contribution in [3.63, 3.8) is 0 Å². The van der Waals surface area contributed by atoms with Gasteiger partial charge in [0.2, 0.25) is 0 Å². The van der Waals surface area contributed by atoms with Gasteiger partial charge in [-0.1, -0.05) is 30.3 Å². The van der Waals surface area contributed by atoms with Crippen molar-refractivity contribution >= 4 is 11.7 Å². The van der Waals surface area contributed by atoms with E-state index in [1.807, 2.05) is 35.2 Å². The number of hydrogen-bond acceptors (Lipinski definition) is 2. The number of carbonyl (C=O) groups excluding carboxylic acids is 1. The number of amides is 2. The molecule has 1 aliphatic carbocycles. The molecule has 1 aliphatic heterocycles. The molecule has 2 aromatic carbocycles. The maximum absolute atomic E-state index is 13.1. The maximum Gasteiger partial charge on any atom is 0.317 e. The van der Waals surface area contributed by atoms with Crippen LogP contribution in [-0.2, 0) is 5.41 Å². The zero-order valence-electron chi connectivity index (χ0n) is 14.8. The number of anilines is 1. The van der Waals surface area contributed by atoms with E-state index in [1.165, 1.54) is 17.8 Å². The molecule has 0 atom stereocenters. The van der Waals surface area contributed by atoms with Gasteiger partial charge in [0.1, 0.15) is 5.82 Å². The van der Waals surface area contributed by atoms with Crippen molar-refractivity contribution in [2.75, 3.05) is 37.6 Å². The van der Waals surface area contributed by atoms with Crippen LogP contribution in [0.3, 0.4) is 0 Å². The molecule has 1 N–H and O–H groups in total. The minimum Gasteiger partial charge on any atom is -0.368 e. The van der Waals surface area contributed by atoms with Crippen LogP contribution in [0.1, 0.15) is 18.4 Å². The first-order valence-electron chi connectivity index (χ1n) is 9.25. The fourth-order valence-corrected chi connectivity index (χ4v) is 3.69. The topological polar surface area (TPSA) is 35.6 Å². The zero-order chi connectivity index (χ0) is 18.0. The quantitative estimate of drug-likeness (QED) is 0.915. The molecular formula is C21H24FN3O. The molecule has 136 valence electrons. The smallest absolute Gasteiger partial charge is 0.317 e. The molecule has 4 nitrogen and oxygen atoms in total. The van der Waals surface area contributed by atoms with E-state index in [9.17, 15) is 9.18 Å². The van der Waals surface area contributed by atoms with Gasteiger partial charge in [-0.2, -0.15) is 0 Å². The standard InChI is InChI=1S/C21H24FN3O/c22-18-8-6-17(7-9-18)21(10-11-21)16-23-20(26)25-14-12-24(13-15-25)19-4-2-1-3-5-19/h1-9H,10-16H2,(H,23,26). The molecule has 2 amide bonds. The highest BCUT2D eigenvalue weighted by Gasteiger charge is 2.44. The summed E-state index contributed by atoms with van der Waals surface area (Å²) in [5, 5.41) is 3.10.